The fourth-order valence-electron chi connectivity index (χ4n) is 4.30. The zero-order valence-corrected chi connectivity index (χ0v) is 16.3. The molecule has 0 radical (unpaired) electrons. The first-order valence-corrected chi connectivity index (χ1v) is 9.93. The first kappa shape index (κ1) is 18.6. The summed E-state index contributed by atoms with van der Waals surface area (Å²) in [5, 5.41) is 0. The fourth-order valence-corrected chi connectivity index (χ4v) is 4.30. The minimum absolute atomic E-state index is 0.00961. The van der Waals surface area contributed by atoms with Crippen molar-refractivity contribution in [2.75, 3.05) is 19.6 Å². The Balaban J connectivity index is 1.39. The summed E-state index contributed by atoms with van der Waals surface area (Å²) in [6.07, 6.45) is 8.66. The number of carbonyl (C=O) groups excluding carboxylic acids is 2. The van der Waals surface area contributed by atoms with Crippen molar-refractivity contribution in [2.45, 2.75) is 39.2 Å². The molecule has 2 aromatic heterocycles. The normalized spacial score (nSPS) is 19.1. The summed E-state index contributed by atoms with van der Waals surface area (Å²) in [6.45, 7) is 4.84. The van der Waals surface area contributed by atoms with E-state index in [1.165, 1.54) is 0 Å². The highest BCUT2D eigenvalue weighted by Gasteiger charge is 2.41. The Labute approximate surface area is 165 Å². The Morgan fingerprint density at radius 1 is 1.11 bits per heavy atom. The van der Waals surface area contributed by atoms with Crippen molar-refractivity contribution in [1.29, 1.82) is 0 Å². The fraction of sp³-hybridized carbons (Fsp3) is 0.455. The van der Waals surface area contributed by atoms with E-state index in [2.05, 4.69) is 9.97 Å². The summed E-state index contributed by atoms with van der Waals surface area (Å²) in [5.41, 5.74) is 2.80. The van der Waals surface area contributed by atoms with Gasteiger partial charge in [0, 0.05) is 51.2 Å². The molecule has 0 unspecified atom stereocenters. The molecule has 2 aromatic rings. The van der Waals surface area contributed by atoms with Gasteiger partial charge in [0.2, 0.25) is 5.91 Å². The number of amides is 2. The van der Waals surface area contributed by atoms with E-state index in [9.17, 15) is 9.59 Å². The second kappa shape index (κ2) is 7.70. The number of pyridine rings is 2. The van der Waals surface area contributed by atoms with Gasteiger partial charge in [0.15, 0.2) is 0 Å². The summed E-state index contributed by atoms with van der Waals surface area (Å²) >= 11 is 0. The summed E-state index contributed by atoms with van der Waals surface area (Å²) in [5.74, 6) is 0.236. The summed E-state index contributed by atoms with van der Waals surface area (Å²) < 4.78 is 0. The van der Waals surface area contributed by atoms with Crippen LogP contribution in [0, 0.1) is 12.3 Å². The van der Waals surface area contributed by atoms with Crippen molar-refractivity contribution in [2.24, 2.45) is 5.41 Å². The molecule has 2 fully saturated rings. The molecule has 4 rings (SSSR count). The van der Waals surface area contributed by atoms with Gasteiger partial charge in [0.1, 0.15) is 5.69 Å². The molecule has 2 saturated heterocycles. The van der Waals surface area contributed by atoms with Crippen LogP contribution in [0.15, 0.2) is 42.9 Å². The quantitative estimate of drug-likeness (QED) is 0.824. The molecule has 2 amide bonds. The SMILES string of the molecule is Cc1ccc(C(=O)N2CCC3(CCC(=O)N(Cc4ccncc4)C3)CC2)nc1. The van der Waals surface area contributed by atoms with Gasteiger partial charge in [-0.3, -0.25) is 19.6 Å². The topological polar surface area (TPSA) is 66.4 Å². The van der Waals surface area contributed by atoms with Crippen LogP contribution >= 0.6 is 0 Å². The third kappa shape index (κ3) is 3.91. The zero-order valence-electron chi connectivity index (χ0n) is 16.3. The highest BCUT2D eigenvalue weighted by Crippen LogP contribution is 2.40. The van der Waals surface area contributed by atoms with Gasteiger partial charge in [0.25, 0.3) is 5.91 Å². The lowest BCUT2D eigenvalue weighted by Gasteiger charge is -2.47. The van der Waals surface area contributed by atoms with Crippen LogP contribution in [0.5, 0.6) is 0 Å². The lowest BCUT2D eigenvalue weighted by atomic mass is 9.72. The van der Waals surface area contributed by atoms with Gasteiger partial charge in [-0.2, -0.15) is 0 Å². The Morgan fingerprint density at radius 3 is 2.54 bits per heavy atom. The minimum Gasteiger partial charge on any atom is -0.338 e. The van der Waals surface area contributed by atoms with Crippen molar-refractivity contribution in [3.63, 3.8) is 0 Å². The van der Waals surface area contributed by atoms with E-state index in [-0.39, 0.29) is 17.2 Å². The van der Waals surface area contributed by atoms with Crippen LogP contribution in [-0.4, -0.2) is 51.2 Å². The summed E-state index contributed by atoms with van der Waals surface area (Å²) in [6, 6.07) is 7.65. The summed E-state index contributed by atoms with van der Waals surface area (Å²) in [7, 11) is 0. The number of piperidine rings is 2. The molecular formula is C22H26N4O2. The molecule has 0 atom stereocenters. The molecule has 28 heavy (non-hydrogen) atoms. The second-order valence-electron chi connectivity index (χ2n) is 8.12. The van der Waals surface area contributed by atoms with Crippen molar-refractivity contribution < 1.29 is 9.59 Å². The number of hydrogen-bond acceptors (Lipinski definition) is 4. The van der Waals surface area contributed by atoms with E-state index < -0.39 is 0 Å². The lowest BCUT2D eigenvalue weighted by molar-refractivity contribution is -0.139. The second-order valence-corrected chi connectivity index (χ2v) is 8.12. The van der Waals surface area contributed by atoms with Crippen molar-refractivity contribution in [3.8, 4) is 0 Å². The average molecular weight is 378 g/mol. The van der Waals surface area contributed by atoms with Crippen LogP contribution in [0.2, 0.25) is 0 Å². The largest absolute Gasteiger partial charge is 0.338 e. The van der Waals surface area contributed by atoms with Crippen LogP contribution < -0.4 is 0 Å². The van der Waals surface area contributed by atoms with E-state index in [1.807, 2.05) is 34.9 Å². The molecule has 6 heteroatoms. The number of aromatic nitrogens is 2. The molecule has 4 heterocycles. The van der Waals surface area contributed by atoms with Crippen LogP contribution in [0.4, 0.5) is 0 Å². The van der Waals surface area contributed by atoms with E-state index in [4.69, 9.17) is 0 Å². The number of carbonyl (C=O) groups is 2. The molecule has 0 bridgehead atoms. The van der Waals surface area contributed by atoms with Gasteiger partial charge in [-0.15, -0.1) is 0 Å². The Bertz CT molecular complexity index is 843. The third-order valence-corrected chi connectivity index (χ3v) is 6.11. The molecule has 146 valence electrons. The van der Waals surface area contributed by atoms with E-state index in [0.29, 0.717) is 18.7 Å². The number of rotatable bonds is 3. The zero-order chi connectivity index (χ0) is 19.6. The van der Waals surface area contributed by atoms with Crippen LogP contribution in [0.1, 0.15) is 47.3 Å². The van der Waals surface area contributed by atoms with Crippen molar-refractivity contribution >= 4 is 11.8 Å². The molecule has 0 aromatic carbocycles. The van der Waals surface area contributed by atoms with Gasteiger partial charge < -0.3 is 9.80 Å². The Hall–Kier alpha value is -2.76. The molecule has 6 nitrogen and oxygen atoms in total. The van der Waals surface area contributed by atoms with Crippen LogP contribution in [-0.2, 0) is 11.3 Å². The smallest absolute Gasteiger partial charge is 0.272 e. The third-order valence-electron chi connectivity index (χ3n) is 6.11. The Kier molecular flexibility index (Phi) is 5.11. The monoisotopic (exact) mass is 378 g/mol. The number of likely N-dealkylation sites (tertiary alicyclic amines) is 2. The lowest BCUT2D eigenvalue weighted by Crippen LogP contribution is -2.52. The predicted octanol–water partition coefficient (Wildman–Crippen LogP) is 2.83. The molecule has 0 aliphatic carbocycles. The first-order valence-electron chi connectivity index (χ1n) is 9.93. The molecule has 1 spiro atoms. The molecule has 0 N–H and O–H groups in total. The number of nitrogens with zero attached hydrogens (tertiary/aromatic N) is 4. The van der Waals surface area contributed by atoms with Crippen LogP contribution in [0.25, 0.3) is 0 Å². The minimum atomic E-state index is 0.00961. The maximum atomic E-state index is 12.7. The number of hydrogen-bond donors (Lipinski definition) is 0. The van der Waals surface area contributed by atoms with Crippen LogP contribution in [0.3, 0.4) is 0 Å². The Morgan fingerprint density at radius 2 is 1.86 bits per heavy atom. The molecule has 0 saturated carbocycles. The van der Waals surface area contributed by atoms with Gasteiger partial charge in [-0.25, -0.2) is 0 Å². The maximum Gasteiger partial charge on any atom is 0.272 e. The standard InChI is InChI=1S/C22H26N4O2/c1-17-2-3-19(24-14-17)21(28)25-12-8-22(9-13-25)7-4-20(27)26(16-22)15-18-5-10-23-11-6-18/h2-3,5-6,10-11,14H,4,7-9,12-13,15-16H2,1H3. The van der Waals surface area contributed by atoms with Gasteiger partial charge in [-0.1, -0.05) is 6.07 Å². The van der Waals surface area contributed by atoms with Crippen molar-refractivity contribution in [1.82, 2.24) is 19.8 Å². The highest BCUT2D eigenvalue weighted by molar-refractivity contribution is 5.92. The highest BCUT2D eigenvalue weighted by atomic mass is 16.2. The van der Waals surface area contributed by atoms with Crippen molar-refractivity contribution in [3.05, 3.63) is 59.7 Å². The molecule has 2 aliphatic rings. The molecular weight excluding hydrogens is 352 g/mol. The maximum absolute atomic E-state index is 12.7. The van der Waals surface area contributed by atoms with E-state index >= 15 is 0 Å². The predicted molar refractivity (Wildman–Crippen MR) is 105 cm³/mol. The number of aryl methyl sites for hydroxylation is 1. The van der Waals surface area contributed by atoms with Gasteiger partial charge in [-0.05, 0) is 60.9 Å². The van der Waals surface area contributed by atoms with Gasteiger partial charge in [0.05, 0.1) is 0 Å². The first-order chi connectivity index (χ1) is 13.5. The average Bonchev–Trinajstić information content (AvgIpc) is 2.72. The molecule has 2 aliphatic heterocycles. The summed E-state index contributed by atoms with van der Waals surface area (Å²) in [4.78, 5) is 37.4. The van der Waals surface area contributed by atoms with Gasteiger partial charge >= 0.3 is 0 Å². The van der Waals surface area contributed by atoms with E-state index in [1.54, 1.807) is 24.7 Å². The van der Waals surface area contributed by atoms with E-state index in [0.717, 1.165) is 50.0 Å².